The van der Waals surface area contributed by atoms with Gasteiger partial charge in [-0.1, -0.05) is 12.1 Å². The van der Waals surface area contributed by atoms with E-state index in [-0.39, 0.29) is 6.09 Å². The van der Waals surface area contributed by atoms with Crippen molar-refractivity contribution in [2.24, 2.45) is 0 Å². The van der Waals surface area contributed by atoms with Gasteiger partial charge in [0, 0.05) is 25.3 Å². The largest absolute Gasteiger partial charge is 0.444 e. The van der Waals surface area contributed by atoms with E-state index in [0.717, 1.165) is 25.2 Å². The van der Waals surface area contributed by atoms with Crippen LogP contribution in [-0.2, 0) is 11.3 Å². The summed E-state index contributed by atoms with van der Waals surface area (Å²) in [6, 6.07) is 8.42. The van der Waals surface area contributed by atoms with Crippen LogP contribution in [0.1, 0.15) is 32.8 Å². The molecule has 0 atom stereocenters. The summed E-state index contributed by atoms with van der Waals surface area (Å²) in [6.07, 6.45) is 0.485. The molecule has 124 valence electrons. The smallest absolute Gasteiger partial charge is 0.407 e. The Morgan fingerprint density at radius 3 is 2.32 bits per heavy atom. The number of nitrogens with zero attached hydrogens (tertiary/aromatic N) is 1. The van der Waals surface area contributed by atoms with Crippen LogP contribution in [0, 0.1) is 0 Å². The van der Waals surface area contributed by atoms with E-state index in [9.17, 15) is 4.79 Å². The second kappa shape index (κ2) is 8.63. The molecule has 0 aliphatic rings. The number of hydrogen-bond donors (Lipinski definition) is 2. The van der Waals surface area contributed by atoms with Crippen LogP contribution in [0.15, 0.2) is 24.3 Å². The number of carbonyl (C=O) groups excluding carboxylic acids is 1. The Morgan fingerprint density at radius 1 is 1.14 bits per heavy atom. The second-order valence-electron chi connectivity index (χ2n) is 6.64. The third-order valence-corrected chi connectivity index (χ3v) is 2.80. The lowest BCUT2D eigenvalue weighted by atomic mass is 10.2. The van der Waals surface area contributed by atoms with Gasteiger partial charge in [-0.3, -0.25) is 0 Å². The average molecular weight is 307 g/mol. The van der Waals surface area contributed by atoms with Crippen LogP contribution < -0.4 is 10.6 Å². The zero-order valence-corrected chi connectivity index (χ0v) is 14.4. The van der Waals surface area contributed by atoms with Crippen LogP contribution in [0.25, 0.3) is 0 Å². The monoisotopic (exact) mass is 307 g/mol. The maximum atomic E-state index is 11.5. The van der Waals surface area contributed by atoms with E-state index in [1.807, 2.05) is 20.8 Å². The van der Waals surface area contributed by atoms with Gasteiger partial charge < -0.3 is 20.3 Å². The number of amides is 1. The zero-order valence-electron chi connectivity index (χ0n) is 14.4. The zero-order chi connectivity index (χ0) is 16.6. The fraction of sp³-hybridized carbons (Fsp3) is 0.588. The van der Waals surface area contributed by atoms with E-state index in [0.29, 0.717) is 6.54 Å². The highest BCUT2D eigenvalue weighted by atomic mass is 16.6. The lowest BCUT2D eigenvalue weighted by molar-refractivity contribution is 0.0528. The Hall–Kier alpha value is -1.75. The van der Waals surface area contributed by atoms with E-state index in [2.05, 4.69) is 53.9 Å². The van der Waals surface area contributed by atoms with Crippen molar-refractivity contribution < 1.29 is 9.53 Å². The minimum absolute atomic E-state index is 0.361. The van der Waals surface area contributed by atoms with Crippen molar-refractivity contribution in [2.75, 3.05) is 32.5 Å². The van der Waals surface area contributed by atoms with E-state index >= 15 is 0 Å². The third kappa shape index (κ3) is 8.52. The Morgan fingerprint density at radius 2 is 1.77 bits per heavy atom. The first-order chi connectivity index (χ1) is 10.3. The molecule has 2 N–H and O–H groups in total. The first-order valence-electron chi connectivity index (χ1n) is 7.71. The molecular weight excluding hydrogens is 278 g/mol. The minimum Gasteiger partial charge on any atom is -0.444 e. The molecule has 0 fully saturated rings. The highest BCUT2D eigenvalue weighted by molar-refractivity contribution is 5.67. The fourth-order valence-electron chi connectivity index (χ4n) is 1.92. The molecule has 0 spiro atoms. The summed E-state index contributed by atoms with van der Waals surface area (Å²) in [5, 5.41) is 6.09. The average Bonchev–Trinajstić information content (AvgIpc) is 2.37. The maximum Gasteiger partial charge on any atom is 0.407 e. The number of hydrogen-bond acceptors (Lipinski definition) is 4. The van der Waals surface area contributed by atoms with Gasteiger partial charge >= 0.3 is 6.09 Å². The molecule has 0 aromatic heterocycles. The van der Waals surface area contributed by atoms with Gasteiger partial charge in [0.05, 0.1) is 0 Å². The molecule has 0 radical (unpaired) electrons. The Balaban J connectivity index is 2.18. The van der Waals surface area contributed by atoms with E-state index in [1.54, 1.807) is 0 Å². The van der Waals surface area contributed by atoms with Gasteiger partial charge in [0.25, 0.3) is 0 Å². The molecule has 0 heterocycles. The molecule has 0 bridgehead atoms. The quantitative estimate of drug-likeness (QED) is 0.760. The number of benzene rings is 1. The number of ether oxygens (including phenoxy) is 1. The SMILES string of the molecule is CN(C)Cc1ccc(NCCCNC(=O)OC(C)(C)C)cc1. The molecule has 1 aromatic rings. The van der Waals surface area contributed by atoms with Crippen LogP contribution in [0.2, 0.25) is 0 Å². The Kier molecular flexibility index (Phi) is 7.18. The molecule has 5 heteroatoms. The highest BCUT2D eigenvalue weighted by Crippen LogP contribution is 2.10. The third-order valence-electron chi connectivity index (χ3n) is 2.80. The molecule has 0 unspecified atom stereocenters. The molecule has 1 amide bonds. The lowest BCUT2D eigenvalue weighted by Gasteiger charge is -2.19. The molecule has 0 saturated heterocycles. The molecule has 1 aromatic carbocycles. The lowest BCUT2D eigenvalue weighted by Crippen LogP contribution is -2.33. The van der Waals surface area contributed by atoms with Gasteiger partial charge in [-0.15, -0.1) is 0 Å². The summed E-state index contributed by atoms with van der Waals surface area (Å²) in [5.74, 6) is 0. The van der Waals surface area contributed by atoms with E-state index < -0.39 is 5.60 Å². The molecule has 0 aliphatic heterocycles. The van der Waals surface area contributed by atoms with Crippen molar-refractivity contribution in [1.82, 2.24) is 10.2 Å². The van der Waals surface area contributed by atoms with Crippen LogP contribution >= 0.6 is 0 Å². The van der Waals surface area contributed by atoms with Crippen LogP contribution in [0.4, 0.5) is 10.5 Å². The van der Waals surface area contributed by atoms with Crippen LogP contribution in [-0.4, -0.2) is 43.8 Å². The summed E-state index contributed by atoms with van der Waals surface area (Å²) in [7, 11) is 4.12. The van der Waals surface area contributed by atoms with E-state index in [4.69, 9.17) is 4.74 Å². The minimum atomic E-state index is -0.448. The van der Waals surface area contributed by atoms with Crippen molar-refractivity contribution in [3.63, 3.8) is 0 Å². The van der Waals surface area contributed by atoms with Crippen molar-refractivity contribution in [2.45, 2.75) is 39.3 Å². The van der Waals surface area contributed by atoms with Gasteiger partial charge in [-0.2, -0.15) is 0 Å². The van der Waals surface area contributed by atoms with Crippen LogP contribution in [0.3, 0.4) is 0 Å². The fourth-order valence-corrected chi connectivity index (χ4v) is 1.92. The number of alkyl carbamates (subject to hydrolysis) is 1. The predicted molar refractivity (Wildman–Crippen MR) is 91.2 cm³/mol. The summed E-state index contributed by atoms with van der Waals surface area (Å²) < 4.78 is 5.17. The summed E-state index contributed by atoms with van der Waals surface area (Å²) >= 11 is 0. The summed E-state index contributed by atoms with van der Waals surface area (Å²) in [4.78, 5) is 13.6. The molecule has 5 nitrogen and oxygen atoms in total. The Labute approximate surface area is 134 Å². The van der Waals surface area contributed by atoms with Gasteiger partial charge in [0.1, 0.15) is 5.60 Å². The number of anilines is 1. The maximum absolute atomic E-state index is 11.5. The Bertz CT molecular complexity index is 450. The van der Waals surface area contributed by atoms with Crippen molar-refractivity contribution in [3.05, 3.63) is 29.8 Å². The first kappa shape index (κ1) is 18.3. The number of carbonyl (C=O) groups is 1. The van der Waals surface area contributed by atoms with Gasteiger partial charge in [-0.05, 0) is 59.0 Å². The molecule has 1 rings (SSSR count). The predicted octanol–water partition coefficient (Wildman–Crippen LogP) is 3.07. The number of rotatable bonds is 7. The normalized spacial score (nSPS) is 11.4. The molecule has 22 heavy (non-hydrogen) atoms. The van der Waals surface area contributed by atoms with Crippen molar-refractivity contribution in [1.29, 1.82) is 0 Å². The molecule has 0 saturated carbocycles. The summed E-state index contributed by atoms with van der Waals surface area (Å²) in [5.41, 5.74) is 1.94. The first-order valence-corrected chi connectivity index (χ1v) is 7.71. The molecular formula is C17H29N3O2. The highest BCUT2D eigenvalue weighted by Gasteiger charge is 2.15. The van der Waals surface area contributed by atoms with Crippen molar-refractivity contribution in [3.8, 4) is 0 Å². The van der Waals surface area contributed by atoms with E-state index in [1.165, 1.54) is 5.56 Å². The van der Waals surface area contributed by atoms with Crippen LogP contribution in [0.5, 0.6) is 0 Å². The summed E-state index contributed by atoms with van der Waals surface area (Å²) in [6.45, 7) is 7.92. The second-order valence-corrected chi connectivity index (χ2v) is 6.64. The number of nitrogens with one attached hydrogen (secondary N) is 2. The standard InChI is InChI=1S/C17H29N3O2/c1-17(2,3)22-16(21)19-12-6-11-18-15-9-7-14(8-10-15)13-20(4)5/h7-10,18H,6,11-13H2,1-5H3,(H,19,21). The van der Waals surface area contributed by atoms with Gasteiger partial charge in [-0.25, -0.2) is 4.79 Å². The van der Waals surface area contributed by atoms with Gasteiger partial charge in [0.15, 0.2) is 0 Å². The van der Waals surface area contributed by atoms with Crippen molar-refractivity contribution >= 4 is 11.8 Å². The topological polar surface area (TPSA) is 53.6 Å². The van der Waals surface area contributed by atoms with Gasteiger partial charge in [0.2, 0.25) is 0 Å². The molecule has 0 aliphatic carbocycles.